The van der Waals surface area contributed by atoms with Crippen LogP contribution in [-0.2, 0) is 21.1 Å². The van der Waals surface area contributed by atoms with Gasteiger partial charge in [0.25, 0.3) is 0 Å². The van der Waals surface area contributed by atoms with Crippen LogP contribution >= 0.6 is 6.42 Å². The van der Waals surface area contributed by atoms with Gasteiger partial charge in [-0.25, -0.2) is 4.78 Å². The Hall–Kier alpha value is -1.04. The van der Waals surface area contributed by atoms with Gasteiger partial charge in [-0.2, -0.15) is 5.10 Å². The van der Waals surface area contributed by atoms with Crippen LogP contribution in [0.5, 0.6) is 0 Å². The van der Waals surface area contributed by atoms with E-state index < -0.39 is 6.42 Å². The molecule has 1 saturated heterocycles. The number of ether oxygens (including phenoxy) is 1. The summed E-state index contributed by atoms with van der Waals surface area (Å²) in [4.78, 5) is 1.49. The zero-order valence-corrected chi connectivity index (χ0v) is 17.4. The van der Waals surface area contributed by atoms with Crippen molar-refractivity contribution in [3.63, 3.8) is 0 Å². The van der Waals surface area contributed by atoms with Crippen LogP contribution in [0, 0.1) is 5.41 Å². The maximum Gasteiger partial charge on any atom is 0.213 e. The van der Waals surface area contributed by atoms with Crippen LogP contribution in [0.25, 0.3) is 0 Å². The van der Waals surface area contributed by atoms with Crippen LogP contribution in [0.15, 0.2) is 46.4 Å². The molecule has 0 amide bonds. The highest BCUT2D eigenvalue weighted by molar-refractivity contribution is 8.15. The van der Waals surface area contributed by atoms with Gasteiger partial charge in [-0.05, 0) is 35.8 Å². The van der Waals surface area contributed by atoms with Gasteiger partial charge in [-0.3, -0.25) is 0 Å². The molecule has 5 nitrogen and oxygen atoms in total. The molecule has 1 aliphatic carbocycles. The lowest BCUT2D eigenvalue weighted by Crippen LogP contribution is -3.12. The number of quaternary nitrogens is 1. The largest absolute Gasteiger partial charge is 0.370 e. The molecule has 1 aromatic rings. The second kappa shape index (κ2) is 6.84. The van der Waals surface area contributed by atoms with Crippen molar-refractivity contribution in [2.45, 2.75) is 26.7 Å². The highest BCUT2D eigenvalue weighted by Crippen LogP contribution is 2.66. The number of rotatable bonds is 3. The maximum absolute atomic E-state index is 6.19. The van der Waals surface area contributed by atoms with Crippen molar-refractivity contribution in [3.05, 3.63) is 41.3 Å². The quantitative estimate of drug-likeness (QED) is 0.803. The summed E-state index contributed by atoms with van der Waals surface area (Å²) in [6.45, 7) is 8.25. The minimum atomic E-state index is -2.41. The molecule has 0 bridgehead atoms. The fourth-order valence-electron chi connectivity index (χ4n) is 4.17. The van der Waals surface area contributed by atoms with Gasteiger partial charge in [0.05, 0.1) is 24.6 Å². The van der Waals surface area contributed by atoms with Gasteiger partial charge in [0.1, 0.15) is 24.1 Å². The number of hydrogen-bond acceptors (Lipinski definition) is 4. The van der Waals surface area contributed by atoms with Crippen molar-refractivity contribution in [2.75, 3.05) is 38.2 Å². The van der Waals surface area contributed by atoms with E-state index in [0.717, 1.165) is 50.5 Å². The Labute approximate surface area is 160 Å². The van der Waals surface area contributed by atoms with Crippen LogP contribution in [0.4, 0.5) is 5.69 Å². The number of anilines is 1. The molecule has 3 aliphatic rings. The first-order chi connectivity index (χ1) is 12.4. The zero-order valence-electron chi connectivity index (χ0n) is 15.7. The Kier molecular flexibility index (Phi) is 4.82. The number of hydrazone groups is 1. The first-order valence-corrected chi connectivity index (χ1v) is 11.9. The number of para-hydroxylation sites is 1. The number of morpholine rings is 1. The normalized spacial score (nSPS) is 28.9. The third kappa shape index (κ3) is 3.08. The molecule has 1 fully saturated rings. The minimum Gasteiger partial charge on any atom is -0.370 e. The van der Waals surface area contributed by atoms with E-state index in [1.54, 1.807) is 7.11 Å². The van der Waals surface area contributed by atoms with Crippen LogP contribution in [-0.4, -0.2) is 39.1 Å². The average Bonchev–Trinajstić information content (AvgIpc) is 2.94. The highest BCUT2D eigenvalue weighted by Gasteiger charge is 2.49. The van der Waals surface area contributed by atoms with Gasteiger partial charge in [0, 0.05) is 13.5 Å². The molecule has 0 spiro atoms. The van der Waals surface area contributed by atoms with Crippen molar-refractivity contribution in [1.82, 2.24) is 0 Å². The molecule has 1 aromatic carbocycles. The van der Waals surface area contributed by atoms with Crippen LogP contribution in [0.1, 0.15) is 26.7 Å². The number of hydrogen-bond donors (Lipinski definition) is 1. The Bertz CT molecular complexity index is 800. The minimum absolute atomic E-state index is 0.184. The van der Waals surface area contributed by atoms with Gasteiger partial charge in [0.2, 0.25) is 6.42 Å². The molecule has 1 atom stereocenters. The molecule has 4 rings (SSSR count). The molecule has 0 aromatic heterocycles. The lowest BCUT2D eigenvalue weighted by atomic mass is 9.78. The molecule has 2 heterocycles. The van der Waals surface area contributed by atoms with E-state index in [1.165, 1.54) is 15.9 Å². The summed E-state index contributed by atoms with van der Waals surface area (Å²) in [7, 11) is 1.74. The average molecular weight is 392 g/mol. The Morgan fingerprint density at radius 2 is 1.88 bits per heavy atom. The van der Waals surface area contributed by atoms with Gasteiger partial charge >= 0.3 is 0 Å². The summed E-state index contributed by atoms with van der Waals surface area (Å²) in [6, 6.07) is 10.2. The summed E-state index contributed by atoms with van der Waals surface area (Å²) in [5.41, 5.74) is 3.74. The maximum atomic E-state index is 6.19. The summed E-state index contributed by atoms with van der Waals surface area (Å²) in [5.74, 6) is 0. The van der Waals surface area contributed by atoms with E-state index in [2.05, 4.69) is 26.0 Å². The number of benzene rings is 1. The third-order valence-corrected chi connectivity index (χ3v) is 9.23. The number of allylic oxidation sites excluding steroid dienone is 2. The Morgan fingerprint density at radius 3 is 2.54 bits per heavy atom. The predicted molar refractivity (Wildman–Crippen MR) is 109 cm³/mol. The first-order valence-electron chi connectivity index (χ1n) is 9.20. The van der Waals surface area contributed by atoms with Crippen molar-refractivity contribution in [2.24, 2.45) is 10.5 Å². The zero-order chi connectivity index (χ0) is 18.4. The molecular formula is C19H27N3O2PS+. The number of fused-ring (bicyclic) bond motifs is 1. The third-order valence-electron chi connectivity index (χ3n) is 5.37. The summed E-state index contributed by atoms with van der Waals surface area (Å²) < 4.78 is 13.6. The van der Waals surface area contributed by atoms with Crippen molar-refractivity contribution in [3.8, 4) is 0 Å². The molecule has 26 heavy (non-hydrogen) atoms. The van der Waals surface area contributed by atoms with E-state index in [-0.39, 0.29) is 5.41 Å². The van der Waals surface area contributed by atoms with E-state index >= 15 is 0 Å². The smallest absolute Gasteiger partial charge is 0.213 e. The SMILES string of the molecule is CO[P@@]1(=S)C2=C([NH+]3CCOCC3)CC(C)(C)CC2=NN1c1ccccc1. The van der Waals surface area contributed by atoms with Crippen molar-refractivity contribution < 1.29 is 14.2 Å². The Morgan fingerprint density at radius 1 is 1.19 bits per heavy atom. The molecule has 140 valence electrons. The summed E-state index contributed by atoms with van der Waals surface area (Å²) in [6.07, 6.45) is -0.425. The topological polar surface area (TPSA) is 38.5 Å². The van der Waals surface area contributed by atoms with Crippen LogP contribution < -0.4 is 9.68 Å². The van der Waals surface area contributed by atoms with Crippen LogP contribution in [0.3, 0.4) is 0 Å². The summed E-state index contributed by atoms with van der Waals surface area (Å²) in [5, 5.41) is 6.23. The monoisotopic (exact) mass is 392 g/mol. The molecule has 0 saturated carbocycles. The second-order valence-corrected chi connectivity index (χ2v) is 11.7. The fourth-order valence-corrected chi connectivity index (χ4v) is 7.43. The van der Waals surface area contributed by atoms with Gasteiger partial charge < -0.3 is 14.2 Å². The molecule has 0 unspecified atom stereocenters. The second-order valence-electron chi connectivity index (χ2n) is 7.94. The number of nitrogens with one attached hydrogen (secondary N) is 1. The molecule has 2 aliphatic heterocycles. The van der Waals surface area contributed by atoms with Crippen molar-refractivity contribution in [1.29, 1.82) is 0 Å². The van der Waals surface area contributed by atoms with E-state index in [1.807, 2.05) is 23.0 Å². The molecule has 1 N–H and O–H groups in total. The standard InChI is InChI=1S/C19H26N3O2PS/c1-19(2)13-16-18(17(14-19)21-9-11-24-12-10-21)25(26,23-3)22(20-16)15-7-5-4-6-8-15/h4-8H,9-14H2,1-3H3/p+1/t25-/m1/s1. The lowest BCUT2D eigenvalue weighted by molar-refractivity contribution is -0.871. The summed E-state index contributed by atoms with van der Waals surface area (Å²) >= 11 is 6.19. The number of nitrogens with zero attached hydrogens (tertiary/aromatic N) is 2. The van der Waals surface area contributed by atoms with E-state index in [4.69, 9.17) is 26.2 Å². The Balaban J connectivity index is 1.86. The fraction of sp³-hybridized carbons (Fsp3) is 0.526. The van der Waals surface area contributed by atoms with E-state index in [9.17, 15) is 0 Å². The lowest BCUT2D eigenvalue weighted by Gasteiger charge is -2.37. The van der Waals surface area contributed by atoms with Gasteiger partial charge in [-0.1, -0.05) is 32.0 Å². The van der Waals surface area contributed by atoms with Crippen LogP contribution in [0.2, 0.25) is 0 Å². The van der Waals surface area contributed by atoms with E-state index in [0.29, 0.717) is 0 Å². The molecule has 0 radical (unpaired) electrons. The van der Waals surface area contributed by atoms with Gasteiger partial charge in [-0.15, -0.1) is 0 Å². The molecule has 7 heteroatoms. The molecular weight excluding hydrogens is 365 g/mol. The highest BCUT2D eigenvalue weighted by atomic mass is 32.4. The van der Waals surface area contributed by atoms with Crippen molar-refractivity contribution >= 4 is 29.6 Å². The first kappa shape index (κ1) is 18.3. The van der Waals surface area contributed by atoms with Gasteiger partial charge in [0.15, 0.2) is 0 Å². The predicted octanol–water partition coefficient (Wildman–Crippen LogP) is 2.77.